The number of ether oxygens (including phenoxy) is 2. The van der Waals surface area contributed by atoms with Crippen LogP contribution in [0, 0.1) is 22.7 Å². The lowest BCUT2D eigenvalue weighted by atomic mass is 9.59. The maximum atomic E-state index is 12.3. The number of rotatable bonds is 4. The van der Waals surface area contributed by atoms with Crippen LogP contribution in [0.3, 0.4) is 0 Å². The average Bonchev–Trinajstić information content (AvgIpc) is 3.14. The third-order valence-electron chi connectivity index (χ3n) is 7.55. The Morgan fingerprint density at radius 2 is 2.19 bits per heavy atom. The molecule has 2 aliphatic carbocycles. The molecule has 0 aromatic heterocycles. The van der Waals surface area contributed by atoms with Crippen molar-refractivity contribution >= 4 is 5.91 Å². The molecule has 142 valence electrons. The lowest BCUT2D eigenvalue weighted by Gasteiger charge is -2.53. The molecule has 4 nitrogen and oxygen atoms in total. The van der Waals surface area contributed by atoms with Gasteiger partial charge in [0.1, 0.15) is 5.75 Å². The number of carbonyl (C=O) groups excluding carboxylic acids is 1. The van der Waals surface area contributed by atoms with E-state index in [2.05, 4.69) is 31.3 Å². The summed E-state index contributed by atoms with van der Waals surface area (Å²) in [5, 5.41) is 3.42. The summed E-state index contributed by atoms with van der Waals surface area (Å²) in [5.41, 5.74) is 1.52. The lowest BCUT2D eigenvalue weighted by molar-refractivity contribution is -0.137. The molecule has 1 spiro atoms. The molecule has 1 aromatic rings. The molecule has 1 unspecified atom stereocenters. The number of hydrogen-bond acceptors (Lipinski definition) is 3. The lowest BCUT2D eigenvalue weighted by Crippen LogP contribution is -2.58. The molecule has 1 amide bonds. The summed E-state index contributed by atoms with van der Waals surface area (Å²) in [6.07, 6.45) is 4.10. The Morgan fingerprint density at radius 1 is 1.38 bits per heavy atom. The monoisotopic (exact) mass is 357 g/mol. The molecule has 1 aliphatic heterocycles. The number of carbonyl (C=O) groups is 1. The van der Waals surface area contributed by atoms with Gasteiger partial charge >= 0.3 is 0 Å². The first-order valence-electron chi connectivity index (χ1n) is 9.97. The fourth-order valence-electron chi connectivity index (χ4n) is 6.20. The molecule has 2 bridgehead atoms. The van der Waals surface area contributed by atoms with E-state index in [1.54, 1.807) is 7.11 Å². The first-order chi connectivity index (χ1) is 12.4. The highest BCUT2D eigenvalue weighted by molar-refractivity contribution is 5.76. The summed E-state index contributed by atoms with van der Waals surface area (Å²) in [4.78, 5) is 12.3. The van der Waals surface area contributed by atoms with E-state index < -0.39 is 0 Å². The molecule has 4 rings (SSSR count). The van der Waals surface area contributed by atoms with Crippen molar-refractivity contribution in [3.63, 3.8) is 0 Å². The molecule has 26 heavy (non-hydrogen) atoms. The smallest absolute Gasteiger partial charge is 0.219 e. The Balaban J connectivity index is 1.69. The fraction of sp³-hybridized carbons (Fsp3) is 0.682. The van der Waals surface area contributed by atoms with E-state index in [1.165, 1.54) is 18.4 Å². The highest BCUT2D eigenvalue weighted by atomic mass is 16.5. The Hall–Kier alpha value is -1.55. The third kappa shape index (κ3) is 2.49. The van der Waals surface area contributed by atoms with Gasteiger partial charge in [-0.1, -0.05) is 32.9 Å². The van der Waals surface area contributed by atoms with Crippen molar-refractivity contribution in [2.45, 2.75) is 58.6 Å². The van der Waals surface area contributed by atoms with Gasteiger partial charge < -0.3 is 14.8 Å². The first-order valence-corrected chi connectivity index (χ1v) is 9.97. The van der Waals surface area contributed by atoms with E-state index in [-0.39, 0.29) is 28.9 Å². The molecule has 1 saturated heterocycles. The highest BCUT2D eigenvalue weighted by Gasteiger charge is 2.68. The number of hydrogen-bond donors (Lipinski definition) is 1. The summed E-state index contributed by atoms with van der Waals surface area (Å²) < 4.78 is 11.7. The first kappa shape index (κ1) is 17.8. The van der Waals surface area contributed by atoms with Crippen molar-refractivity contribution < 1.29 is 14.3 Å². The van der Waals surface area contributed by atoms with Crippen LogP contribution >= 0.6 is 0 Å². The molecule has 4 heteroatoms. The summed E-state index contributed by atoms with van der Waals surface area (Å²) >= 11 is 0. The van der Waals surface area contributed by atoms with Crippen LogP contribution in [0.5, 0.6) is 5.75 Å². The van der Waals surface area contributed by atoms with E-state index in [1.807, 2.05) is 19.1 Å². The Morgan fingerprint density at radius 3 is 2.92 bits per heavy atom. The van der Waals surface area contributed by atoms with Crippen LogP contribution in [0.1, 0.15) is 58.1 Å². The van der Waals surface area contributed by atoms with E-state index in [4.69, 9.17) is 9.47 Å². The second-order valence-corrected chi connectivity index (χ2v) is 8.97. The van der Waals surface area contributed by atoms with Crippen molar-refractivity contribution in [1.29, 1.82) is 0 Å². The topological polar surface area (TPSA) is 47.6 Å². The van der Waals surface area contributed by atoms with Crippen LogP contribution in [0.25, 0.3) is 0 Å². The number of methoxy groups -OCH3 is 1. The SMILES string of the molecule is CCC(=O)N[C@@H]1C(C)(C)[C@@H]2C[C@@H]3[C@@H](c4cccc(OC)c4)OCCC31C2. The minimum Gasteiger partial charge on any atom is -0.497 e. The molecule has 2 saturated carbocycles. The van der Waals surface area contributed by atoms with Crippen molar-refractivity contribution in [2.24, 2.45) is 22.7 Å². The minimum atomic E-state index is 0.0981. The predicted molar refractivity (Wildman–Crippen MR) is 101 cm³/mol. The highest BCUT2D eigenvalue weighted by Crippen LogP contribution is 2.70. The van der Waals surface area contributed by atoms with Gasteiger partial charge in [-0.05, 0) is 59.6 Å². The van der Waals surface area contributed by atoms with Gasteiger partial charge in [0.15, 0.2) is 0 Å². The third-order valence-corrected chi connectivity index (χ3v) is 7.55. The zero-order valence-corrected chi connectivity index (χ0v) is 16.4. The summed E-state index contributed by atoms with van der Waals surface area (Å²) in [5.74, 6) is 2.16. The quantitative estimate of drug-likeness (QED) is 0.882. The molecule has 0 radical (unpaired) electrons. The van der Waals surface area contributed by atoms with Gasteiger partial charge in [0.05, 0.1) is 13.2 Å². The van der Waals surface area contributed by atoms with Gasteiger partial charge in [-0.15, -0.1) is 0 Å². The minimum absolute atomic E-state index is 0.0981. The fourth-order valence-corrected chi connectivity index (χ4v) is 6.20. The molecular formula is C22H31NO3. The zero-order chi connectivity index (χ0) is 18.5. The van der Waals surface area contributed by atoms with Gasteiger partial charge in [-0.25, -0.2) is 0 Å². The summed E-state index contributed by atoms with van der Waals surface area (Å²) in [7, 11) is 1.71. The van der Waals surface area contributed by atoms with Gasteiger partial charge in [0, 0.05) is 19.1 Å². The Kier molecular flexibility index (Phi) is 4.30. The molecule has 3 fully saturated rings. The van der Waals surface area contributed by atoms with Gasteiger partial charge in [-0.3, -0.25) is 4.79 Å². The van der Waals surface area contributed by atoms with Crippen LogP contribution in [0.4, 0.5) is 0 Å². The summed E-state index contributed by atoms with van der Waals surface area (Å²) in [6.45, 7) is 7.39. The number of fused-ring (bicyclic) bond motifs is 1. The Labute approximate surface area is 156 Å². The molecule has 1 N–H and O–H groups in total. The van der Waals surface area contributed by atoms with Gasteiger partial charge in [0.25, 0.3) is 0 Å². The van der Waals surface area contributed by atoms with Crippen LogP contribution < -0.4 is 10.1 Å². The van der Waals surface area contributed by atoms with Crippen LogP contribution in [-0.2, 0) is 9.53 Å². The van der Waals surface area contributed by atoms with Crippen LogP contribution in [-0.4, -0.2) is 25.7 Å². The summed E-state index contributed by atoms with van der Waals surface area (Å²) in [6, 6.07) is 8.54. The van der Waals surface area contributed by atoms with Crippen molar-refractivity contribution in [1.82, 2.24) is 5.32 Å². The number of benzene rings is 1. The van der Waals surface area contributed by atoms with E-state index >= 15 is 0 Å². The zero-order valence-electron chi connectivity index (χ0n) is 16.4. The van der Waals surface area contributed by atoms with Crippen molar-refractivity contribution in [3.05, 3.63) is 29.8 Å². The number of amides is 1. The van der Waals surface area contributed by atoms with E-state index in [0.29, 0.717) is 18.3 Å². The van der Waals surface area contributed by atoms with Crippen LogP contribution in [0.15, 0.2) is 24.3 Å². The normalized spacial score (nSPS) is 37.2. The maximum absolute atomic E-state index is 12.3. The number of nitrogens with one attached hydrogen (secondary N) is 1. The molecule has 1 heterocycles. The van der Waals surface area contributed by atoms with Crippen molar-refractivity contribution in [3.8, 4) is 5.75 Å². The molecule has 1 aromatic carbocycles. The largest absolute Gasteiger partial charge is 0.497 e. The average molecular weight is 357 g/mol. The van der Waals surface area contributed by atoms with E-state index in [0.717, 1.165) is 18.8 Å². The Bertz CT molecular complexity index is 700. The van der Waals surface area contributed by atoms with Crippen molar-refractivity contribution in [2.75, 3.05) is 13.7 Å². The molecule has 3 aliphatic rings. The van der Waals surface area contributed by atoms with Gasteiger partial charge in [0.2, 0.25) is 5.91 Å². The second kappa shape index (κ2) is 6.26. The van der Waals surface area contributed by atoms with Gasteiger partial charge in [-0.2, -0.15) is 0 Å². The second-order valence-electron chi connectivity index (χ2n) is 8.97. The molecule has 5 atom stereocenters. The maximum Gasteiger partial charge on any atom is 0.219 e. The predicted octanol–water partition coefficient (Wildman–Crippen LogP) is 4.10. The van der Waals surface area contributed by atoms with Crippen LogP contribution in [0.2, 0.25) is 0 Å². The molecular weight excluding hydrogens is 326 g/mol. The standard InChI is InChI=1S/C22H31NO3/c1-5-18(24)23-20-21(2,3)15-12-17-19(26-10-9-22(17,20)13-15)14-7-6-8-16(11-14)25-4/h6-8,11,15,17,19-20H,5,9-10,12-13H2,1-4H3,(H,23,24)/t15-,17-,19-,20-,22?/m1/s1. The van der Waals surface area contributed by atoms with E-state index in [9.17, 15) is 4.79 Å².